The Labute approximate surface area is 192 Å². The normalized spacial score (nSPS) is 11.4. The van der Waals surface area contributed by atoms with Crippen LogP contribution in [0.1, 0.15) is 35.3 Å². The van der Waals surface area contributed by atoms with Crippen molar-refractivity contribution in [3.8, 4) is 22.8 Å². The summed E-state index contributed by atoms with van der Waals surface area (Å²) in [6, 6.07) is 22.0. The quantitative estimate of drug-likeness (QED) is 0.308. The lowest BCUT2D eigenvalue weighted by atomic mass is 10.0. The molecule has 1 amide bonds. The molecule has 0 unspecified atom stereocenters. The fourth-order valence-corrected chi connectivity index (χ4v) is 3.53. The molecule has 0 radical (unpaired) electrons. The second kappa shape index (κ2) is 9.53. The van der Waals surface area contributed by atoms with Gasteiger partial charge in [0.25, 0.3) is 5.91 Å². The number of phenolic OH excluding ortho intramolecular Hbond substituents is 1. The van der Waals surface area contributed by atoms with Crippen molar-refractivity contribution in [2.24, 2.45) is 5.10 Å². The van der Waals surface area contributed by atoms with Crippen molar-refractivity contribution < 1.29 is 14.6 Å². The highest BCUT2D eigenvalue weighted by Crippen LogP contribution is 2.27. The van der Waals surface area contributed by atoms with Crippen LogP contribution in [0.2, 0.25) is 0 Å². The van der Waals surface area contributed by atoms with Gasteiger partial charge in [-0.25, -0.2) is 10.4 Å². The first kappa shape index (κ1) is 22.0. The van der Waals surface area contributed by atoms with E-state index < -0.39 is 0 Å². The molecule has 4 aromatic rings. The van der Waals surface area contributed by atoms with Crippen molar-refractivity contribution in [3.63, 3.8) is 0 Å². The van der Waals surface area contributed by atoms with Crippen molar-refractivity contribution in [3.05, 3.63) is 89.5 Å². The van der Waals surface area contributed by atoms with E-state index in [2.05, 4.69) is 10.5 Å². The molecule has 0 saturated heterocycles. The van der Waals surface area contributed by atoms with Crippen LogP contribution in [-0.2, 0) is 0 Å². The molecular weight excluding hydrogens is 414 g/mol. The summed E-state index contributed by atoms with van der Waals surface area (Å²) in [4.78, 5) is 18.0. The number of aryl methyl sites for hydroxylation is 1. The lowest BCUT2D eigenvalue weighted by molar-refractivity contribution is 0.0956. The number of hydrazone groups is 1. The smallest absolute Gasteiger partial charge is 0.272 e. The Morgan fingerprint density at radius 1 is 1.03 bits per heavy atom. The number of carbonyl (C=O) groups is 1. The van der Waals surface area contributed by atoms with Gasteiger partial charge in [-0.3, -0.25) is 4.79 Å². The highest BCUT2D eigenvalue weighted by Gasteiger charge is 2.14. The fourth-order valence-electron chi connectivity index (χ4n) is 3.53. The highest BCUT2D eigenvalue weighted by atomic mass is 16.5. The number of aromatic hydroxyl groups is 1. The Balaban J connectivity index is 1.70. The van der Waals surface area contributed by atoms with Crippen LogP contribution in [0.4, 0.5) is 0 Å². The summed E-state index contributed by atoms with van der Waals surface area (Å²) in [5.74, 6) is 0.643. The van der Waals surface area contributed by atoms with E-state index in [1.54, 1.807) is 37.3 Å². The fraction of sp³-hybridized carbons (Fsp3) is 0.148. The Morgan fingerprint density at radius 3 is 2.45 bits per heavy atom. The van der Waals surface area contributed by atoms with E-state index in [1.807, 2.05) is 56.3 Å². The van der Waals surface area contributed by atoms with E-state index in [0.717, 1.165) is 33.3 Å². The SMILES string of the molecule is CCOc1ccc(-c2cc(C(=O)N/N=C(\C)c3ccc(O)cc3)c3cc(C)ccc3n2)cc1. The summed E-state index contributed by atoms with van der Waals surface area (Å²) in [5, 5.41) is 14.5. The van der Waals surface area contributed by atoms with Crippen LogP contribution in [0.25, 0.3) is 22.2 Å². The average molecular weight is 440 g/mol. The third-order valence-corrected chi connectivity index (χ3v) is 5.28. The number of carbonyl (C=O) groups excluding carboxylic acids is 1. The summed E-state index contributed by atoms with van der Waals surface area (Å²) in [6.45, 7) is 6.32. The number of aromatic nitrogens is 1. The number of fused-ring (bicyclic) bond motifs is 1. The summed E-state index contributed by atoms with van der Waals surface area (Å²) < 4.78 is 5.53. The van der Waals surface area contributed by atoms with Crippen LogP contribution in [0.3, 0.4) is 0 Å². The van der Waals surface area contributed by atoms with E-state index in [4.69, 9.17) is 9.72 Å². The van der Waals surface area contributed by atoms with Gasteiger partial charge in [-0.05, 0) is 93.1 Å². The summed E-state index contributed by atoms with van der Waals surface area (Å²) >= 11 is 0. The number of phenols is 1. The Bertz CT molecular complexity index is 1330. The number of benzene rings is 3. The van der Waals surface area contributed by atoms with E-state index in [-0.39, 0.29) is 11.7 Å². The van der Waals surface area contributed by atoms with Crippen molar-refractivity contribution in [2.45, 2.75) is 20.8 Å². The van der Waals surface area contributed by atoms with E-state index >= 15 is 0 Å². The first-order chi connectivity index (χ1) is 15.9. The van der Waals surface area contributed by atoms with Crippen LogP contribution >= 0.6 is 0 Å². The molecule has 2 N–H and O–H groups in total. The molecule has 6 heteroatoms. The molecule has 0 bridgehead atoms. The van der Waals surface area contributed by atoms with Crippen molar-refractivity contribution in [1.29, 1.82) is 0 Å². The van der Waals surface area contributed by atoms with Gasteiger partial charge >= 0.3 is 0 Å². The minimum absolute atomic E-state index is 0.177. The maximum atomic E-state index is 13.2. The van der Waals surface area contributed by atoms with Gasteiger partial charge in [0.2, 0.25) is 0 Å². The largest absolute Gasteiger partial charge is 0.508 e. The molecule has 0 atom stereocenters. The minimum Gasteiger partial charge on any atom is -0.508 e. The van der Waals surface area contributed by atoms with Gasteiger partial charge in [0.1, 0.15) is 11.5 Å². The molecule has 0 fully saturated rings. The highest BCUT2D eigenvalue weighted by molar-refractivity contribution is 6.08. The number of rotatable bonds is 6. The van der Waals surface area contributed by atoms with Crippen LogP contribution in [-0.4, -0.2) is 28.3 Å². The van der Waals surface area contributed by atoms with Crippen LogP contribution < -0.4 is 10.2 Å². The minimum atomic E-state index is -0.321. The molecule has 1 aromatic heterocycles. The topological polar surface area (TPSA) is 83.8 Å². The molecule has 0 aliphatic carbocycles. The molecule has 0 saturated carbocycles. The predicted molar refractivity (Wildman–Crippen MR) is 131 cm³/mol. The van der Waals surface area contributed by atoms with Gasteiger partial charge in [-0.2, -0.15) is 5.10 Å². The lowest BCUT2D eigenvalue weighted by Crippen LogP contribution is -2.20. The Hall–Kier alpha value is -4.19. The number of hydrogen-bond donors (Lipinski definition) is 2. The molecule has 0 spiro atoms. The zero-order chi connectivity index (χ0) is 23.4. The maximum absolute atomic E-state index is 13.2. The molecule has 1 heterocycles. The van der Waals surface area contributed by atoms with E-state index in [9.17, 15) is 9.90 Å². The van der Waals surface area contributed by atoms with Crippen molar-refractivity contribution in [2.75, 3.05) is 6.61 Å². The molecule has 0 aliphatic heterocycles. The molecule has 3 aromatic carbocycles. The number of nitrogens with zero attached hydrogens (tertiary/aromatic N) is 2. The molecular formula is C27H25N3O3. The lowest BCUT2D eigenvalue weighted by Gasteiger charge is -2.11. The van der Waals surface area contributed by atoms with Crippen molar-refractivity contribution in [1.82, 2.24) is 10.4 Å². The van der Waals surface area contributed by atoms with Gasteiger partial charge in [-0.15, -0.1) is 0 Å². The molecule has 4 rings (SSSR count). The van der Waals surface area contributed by atoms with Gasteiger partial charge in [0.15, 0.2) is 0 Å². The number of nitrogens with one attached hydrogen (secondary N) is 1. The second-order valence-electron chi connectivity index (χ2n) is 7.72. The van der Waals surface area contributed by atoms with Crippen molar-refractivity contribution >= 4 is 22.5 Å². The third kappa shape index (κ3) is 5.01. The zero-order valence-corrected chi connectivity index (χ0v) is 18.8. The van der Waals surface area contributed by atoms with Gasteiger partial charge in [0, 0.05) is 10.9 Å². The standard InChI is InChI=1S/C27H25N3O3/c1-4-33-22-12-8-20(9-13-22)26-16-24(23-15-17(2)5-14-25(23)28-26)27(32)30-29-18(3)19-6-10-21(31)11-7-19/h5-16,31H,4H2,1-3H3,(H,30,32)/b29-18+. The number of pyridine rings is 1. The number of hydrogen-bond acceptors (Lipinski definition) is 5. The zero-order valence-electron chi connectivity index (χ0n) is 18.8. The van der Waals surface area contributed by atoms with Crippen LogP contribution in [0.15, 0.2) is 77.9 Å². The predicted octanol–water partition coefficient (Wildman–Crippen LogP) is 5.47. The Morgan fingerprint density at radius 2 is 1.76 bits per heavy atom. The molecule has 0 aliphatic rings. The summed E-state index contributed by atoms with van der Waals surface area (Å²) in [6.07, 6.45) is 0. The second-order valence-corrected chi connectivity index (χ2v) is 7.72. The first-order valence-electron chi connectivity index (χ1n) is 10.7. The third-order valence-electron chi connectivity index (χ3n) is 5.28. The summed E-state index contributed by atoms with van der Waals surface area (Å²) in [5.41, 5.74) is 7.95. The summed E-state index contributed by atoms with van der Waals surface area (Å²) in [7, 11) is 0. The van der Waals surface area contributed by atoms with E-state index in [1.165, 1.54) is 0 Å². The monoisotopic (exact) mass is 439 g/mol. The average Bonchev–Trinajstić information content (AvgIpc) is 2.83. The molecule has 6 nitrogen and oxygen atoms in total. The van der Waals surface area contributed by atoms with E-state index in [0.29, 0.717) is 23.6 Å². The first-order valence-corrected chi connectivity index (χ1v) is 10.7. The van der Waals surface area contributed by atoms with Gasteiger partial charge in [-0.1, -0.05) is 11.6 Å². The molecule has 33 heavy (non-hydrogen) atoms. The van der Waals surface area contributed by atoms with Crippen LogP contribution in [0, 0.1) is 6.92 Å². The number of ether oxygens (including phenoxy) is 1. The molecule has 166 valence electrons. The van der Waals surface area contributed by atoms with Crippen LogP contribution in [0.5, 0.6) is 11.5 Å². The van der Waals surface area contributed by atoms with Gasteiger partial charge < -0.3 is 9.84 Å². The Kier molecular flexibility index (Phi) is 6.36. The number of amides is 1. The maximum Gasteiger partial charge on any atom is 0.272 e. The van der Waals surface area contributed by atoms with Gasteiger partial charge in [0.05, 0.1) is 29.1 Å².